The van der Waals surface area contributed by atoms with E-state index < -0.39 is 12.1 Å². The summed E-state index contributed by atoms with van der Waals surface area (Å²) in [5, 5.41) is 9.62. The molecule has 4 rings (SSSR count). The van der Waals surface area contributed by atoms with Crippen LogP contribution in [0.5, 0.6) is 5.75 Å². The van der Waals surface area contributed by atoms with Gasteiger partial charge >= 0.3 is 6.36 Å². The van der Waals surface area contributed by atoms with E-state index >= 15 is 0 Å². The zero-order chi connectivity index (χ0) is 24.3. The number of carbonyl (C=O) groups excluding carboxylic acids is 1. The minimum atomic E-state index is -4.90. The Morgan fingerprint density at radius 1 is 1.15 bits per heavy atom. The SMILES string of the molecule is N#Cc1ccc(Cn2cncc2CN2CCN(c3cccc(Cl)c3)C(=O)C2)cc1OC(F)(F)F. The molecule has 2 aromatic carbocycles. The number of aromatic nitrogens is 2. The zero-order valence-electron chi connectivity index (χ0n) is 17.8. The number of carbonyl (C=O) groups is 1. The molecule has 1 amide bonds. The van der Waals surface area contributed by atoms with E-state index in [-0.39, 0.29) is 24.6 Å². The summed E-state index contributed by atoms with van der Waals surface area (Å²) in [6, 6.07) is 12.9. The van der Waals surface area contributed by atoms with Crippen LogP contribution in [0.4, 0.5) is 18.9 Å². The van der Waals surface area contributed by atoms with Crippen molar-refractivity contribution in [3.05, 3.63) is 76.8 Å². The van der Waals surface area contributed by atoms with Crippen LogP contribution < -0.4 is 9.64 Å². The first-order valence-corrected chi connectivity index (χ1v) is 10.7. The predicted molar refractivity (Wildman–Crippen MR) is 118 cm³/mol. The number of piperazine rings is 1. The molecular formula is C23H19ClF3N5O2. The topological polar surface area (TPSA) is 74.4 Å². The van der Waals surface area contributed by atoms with E-state index in [1.54, 1.807) is 52.3 Å². The van der Waals surface area contributed by atoms with Crippen molar-refractivity contribution in [1.29, 1.82) is 5.26 Å². The van der Waals surface area contributed by atoms with E-state index in [9.17, 15) is 18.0 Å². The molecule has 176 valence electrons. The number of nitriles is 1. The van der Waals surface area contributed by atoms with Gasteiger partial charge in [-0.25, -0.2) is 4.98 Å². The molecule has 0 spiro atoms. The maximum absolute atomic E-state index is 12.7. The Kier molecular flexibility index (Phi) is 6.77. The lowest BCUT2D eigenvalue weighted by molar-refractivity contribution is -0.274. The van der Waals surface area contributed by atoms with Gasteiger partial charge in [-0.05, 0) is 35.9 Å². The van der Waals surface area contributed by atoms with Gasteiger partial charge in [-0.2, -0.15) is 5.26 Å². The van der Waals surface area contributed by atoms with Gasteiger partial charge < -0.3 is 14.2 Å². The summed E-state index contributed by atoms with van der Waals surface area (Å²) in [5.74, 6) is -0.600. The highest BCUT2D eigenvalue weighted by Gasteiger charge is 2.32. The van der Waals surface area contributed by atoms with Gasteiger partial charge in [0.2, 0.25) is 5.91 Å². The van der Waals surface area contributed by atoms with Crippen molar-refractivity contribution < 1.29 is 22.7 Å². The number of halogens is 4. The number of benzene rings is 2. The first-order chi connectivity index (χ1) is 16.2. The summed E-state index contributed by atoms with van der Waals surface area (Å²) in [4.78, 5) is 20.5. The number of amides is 1. The van der Waals surface area contributed by atoms with Crippen molar-refractivity contribution in [3.63, 3.8) is 0 Å². The van der Waals surface area contributed by atoms with Crippen LogP contribution in [0.1, 0.15) is 16.8 Å². The normalized spacial score (nSPS) is 14.8. The first kappa shape index (κ1) is 23.6. The molecule has 11 heteroatoms. The Morgan fingerprint density at radius 2 is 1.97 bits per heavy atom. The van der Waals surface area contributed by atoms with Gasteiger partial charge in [0.05, 0.1) is 24.1 Å². The monoisotopic (exact) mass is 489 g/mol. The third-order valence-electron chi connectivity index (χ3n) is 5.35. The Bertz CT molecular complexity index is 1240. The maximum Gasteiger partial charge on any atom is 0.573 e. The van der Waals surface area contributed by atoms with Gasteiger partial charge in [-0.3, -0.25) is 9.69 Å². The van der Waals surface area contributed by atoms with Crippen LogP contribution in [-0.4, -0.2) is 46.4 Å². The summed E-state index contributed by atoms with van der Waals surface area (Å²) in [7, 11) is 0. The molecule has 0 unspecified atom stereocenters. The molecule has 7 nitrogen and oxygen atoms in total. The Hall–Kier alpha value is -3.55. The van der Waals surface area contributed by atoms with Gasteiger partial charge in [0, 0.05) is 43.1 Å². The Labute approximate surface area is 198 Å². The van der Waals surface area contributed by atoms with E-state index in [1.807, 2.05) is 11.0 Å². The van der Waals surface area contributed by atoms with Crippen molar-refractivity contribution in [2.75, 3.05) is 24.5 Å². The molecule has 3 aromatic rings. The van der Waals surface area contributed by atoms with Crippen molar-refractivity contribution in [2.45, 2.75) is 19.5 Å². The van der Waals surface area contributed by atoms with E-state index in [2.05, 4.69) is 9.72 Å². The fourth-order valence-electron chi connectivity index (χ4n) is 3.79. The second kappa shape index (κ2) is 9.75. The predicted octanol–water partition coefficient (Wildman–Crippen LogP) is 4.20. The van der Waals surface area contributed by atoms with Gasteiger partial charge in [0.25, 0.3) is 0 Å². The molecule has 0 N–H and O–H groups in total. The minimum Gasteiger partial charge on any atom is -0.404 e. The summed E-state index contributed by atoms with van der Waals surface area (Å²) in [6.45, 7) is 2.01. The molecule has 1 aliphatic rings. The largest absolute Gasteiger partial charge is 0.573 e. The third-order valence-corrected chi connectivity index (χ3v) is 5.58. The quantitative estimate of drug-likeness (QED) is 0.519. The Balaban J connectivity index is 1.44. The standard InChI is InChI=1S/C23H19ClF3N5O2/c24-18-2-1-3-19(9-18)32-7-6-30(14-22(32)33)13-20-11-29-15-31(20)12-16-4-5-17(10-28)21(8-16)34-23(25,26)27/h1-5,8-9,11,15H,6-7,12-14H2. The van der Waals surface area contributed by atoms with E-state index in [4.69, 9.17) is 16.9 Å². The number of hydrogen-bond donors (Lipinski definition) is 0. The number of nitrogens with zero attached hydrogens (tertiary/aromatic N) is 5. The zero-order valence-corrected chi connectivity index (χ0v) is 18.6. The third kappa shape index (κ3) is 5.68. The smallest absolute Gasteiger partial charge is 0.404 e. The number of imidazole rings is 1. The Morgan fingerprint density at radius 3 is 2.68 bits per heavy atom. The molecule has 0 saturated carbocycles. The van der Waals surface area contributed by atoms with Gasteiger partial charge in [0.15, 0.2) is 0 Å². The maximum atomic E-state index is 12.7. The highest BCUT2D eigenvalue weighted by atomic mass is 35.5. The lowest BCUT2D eigenvalue weighted by Crippen LogP contribution is -2.50. The number of hydrogen-bond acceptors (Lipinski definition) is 5. The van der Waals surface area contributed by atoms with Crippen LogP contribution in [-0.2, 0) is 17.9 Å². The van der Waals surface area contributed by atoms with Crippen LogP contribution in [0.25, 0.3) is 0 Å². The van der Waals surface area contributed by atoms with Crippen LogP contribution in [0.2, 0.25) is 5.02 Å². The highest BCUT2D eigenvalue weighted by molar-refractivity contribution is 6.30. The van der Waals surface area contributed by atoms with Crippen molar-refractivity contribution in [1.82, 2.24) is 14.5 Å². The highest BCUT2D eigenvalue weighted by Crippen LogP contribution is 2.28. The lowest BCUT2D eigenvalue weighted by Gasteiger charge is -2.34. The molecule has 1 aromatic heterocycles. The average molecular weight is 490 g/mol. The molecule has 34 heavy (non-hydrogen) atoms. The molecule has 1 aliphatic heterocycles. The van der Waals surface area contributed by atoms with E-state index in [0.29, 0.717) is 30.2 Å². The molecular weight excluding hydrogens is 471 g/mol. The van der Waals surface area contributed by atoms with Crippen molar-refractivity contribution in [2.24, 2.45) is 0 Å². The summed E-state index contributed by atoms with van der Waals surface area (Å²) in [6.07, 6.45) is -1.67. The molecule has 2 heterocycles. The lowest BCUT2D eigenvalue weighted by atomic mass is 10.1. The molecule has 0 atom stereocenters. The van der Waals surface area contributed by atoms with E-state index in [0.717, 1.165) is 11.4 Å². The van der Waals surface area contributed by atoms with Crippen LogP contribution in [0.15, 0.2) is 55.0 Å². The number of rotatable bonds is 6. The molecule has 0 aliphatic carbocycles. The minimum absolute atomic E-state index is 0.0550. The van der Waals surface area contributed by atoms with E-state index in [1.165, 1.54) is 12.1 Å². The average Bonchev–Trinajstić information content (AvgIpc) is 3.19. The van der Waals surface area contributed by atoms with Gasteiger partial charge in [-0.1, -0.05) is 23.7 Å². The molecule has 1 saturated heterocycles. The summed E-state index contributed by atoms with van der Waals surface area (Å²) >= 11 is 6.04. The molecule has 0 radical (unpaired) electrons. The molecule has 0 bridgehead atoms. The molecule has 1 fully saturated rings. The van der Waals surface area contributed by atoms with Crippen molar-refractivity contribution >= 4 is 23.2 Å². The summed E-state index contributed by atoms with van der Waals surface area (Å²) in [5.41, 5.74) is 1.86. The van der Waals surface area contributed by atoms with Gasteiger partial charge in [-0.15, -0.1) is 13.2 Å². The number of anilines is 1. The van der Waals surface area contributed by atoms with Crippen LogP contribution in [0, 0.1) is 11.3 Å². The first-order valence-electron chi connectivity index (χ1n) is 10.3. The number of ether oxygens (including phenoxy) is 1. The van der Waals surface area contributed by atoms with Crippen molar-refractivity contribution in [3.8, 4) is 11.8 Å². The second-order valence-electron chi connectivity index (χ2n) is 7.74. The second-order valence-corrected chi connectivity index (χ2v) is 8.18. The fourth-order valence-corrected chi connectivity index (χ4v) is 3.97. The van der Waals surface area contributed by atoms with Gasteiger partial charge in [0.1, 0.15) is 11.8 Å². The summed E-state index contributed by atoms with van der Waals surface area (Å²) < 4.78 is 43.8. The van der Waals surface area contributed by atoms with Crippen LogP contribution in [0.3, 0.4) is 0 Å². The number of alkyl halides is 3. The fraction of sp³-hybridized carbons (Fsp3) is 0.261. The van der Waals surface area contributed by atoms with Crippen LogP contribution >= 0.6 is 11.6 Å².